The third-order valence-corrected chi connectivity index (χ3v) is 3.14. The fraction of sp³-hybridized carbons (Fsp3) is 0.786. The molecule has 0 unspecified atom stereocenters. The van der Waals surface area contributed by atoms with Gasteiger partial charge in [0.15, 0.2) is 0 Å². The molecule has 3 heteroatoms. The fourth-order valence-electron chi connectivity index (χ4n) is 2.04. The summed E-state index contributed by atoms with van der Waals surface area (Å²) in [6.07, 6.45) is 6.69. The molecule has 0 spiro atoms. The highest BCUT2D eigenvalue weighted by atomic mass is 15.3. The number of rotatable bonds is 8. The monoisotopic (exact) mass is 237 g/mol. The van der Waals surface area contributed by atoms with Gasteiger partial charge in [0.05, 0.1) is 11.7 Å². The van der Waals surface area contributed by atoms with E-state index >= 15 is 0 Å². The van der Waals surface area contributed by atoms with Crippen LogP contribution >= 0.6 is 0 Å². The molecule has 1 rings (SSSR count). The van der Waals surface area contributed by atoms with Gasteiger partial charge in [0, 0.05) is 12.2 Å². The molecular weight excluding hydrogens is 210 g/mol. The predicted molar refractivity (Wildman–Crippen MR) is 73.3 cm³/mol. The van der Waals surface area contributed by atoms with E-state index in [1.807, 2.05) is 0 Å². The summed E-state index contributed by atoms with van der Waals surface area (Å²) in [5, 5.41) is 8.09. The molecule has 0 radical (unpaired) electrons. The molecule has 0 aliphatic rings. The van der Waals surface area contributed by atoms with Gasteiger partial charge >= 0.3 is 0 Å². The first kappa shape index (κ1) is 14.2. The number of aromatic nitrogens is 2. The summed E-state index contributed by atoms with van der Waals surface area (Å²) in [6.45, 7) is 9.89. The molecule has 0 bridgehead atoms. The first-order chi connectivity index (χ1) is 8.17. The molecule has 0 aliphatic carbocycles. The Kier molecular flexibility index (Phi) is 6.27. The van der Waals surface area contributed by atoms with Crippen LogP contribution in [0.3, 0.4) is 0 Å². The molecule has 0 fully saturated rings. The lowest BCUT2D eigenvalue weighted by Crippen LogP contribution is -2.23. The molecule has 0 saturated heterocycles. The number of hydrogen-bond acceptors (Lipinski definition) is 2. The van der Waals surface area contributed by atoms with Gasteiger partial charge in [-0.05, 0) is 38.3 Å². The van der Waals surface area contributed by atoms with Crippen molar-refractivity contribution in [3.05, 3.63) is 18.0 Å². The van der Waals surface area contributed by atoms with Gasteiger partial charge in [0.1, 0.15) is 0 Å². The van der Waals surface area contributed by atoms with Gasteiger partial charge in [-0.25, -0.2) is 0 Å². The van der Waals surface area contributed by atoms with Crippen LogP contribution in [0.1, 0.15) is 58.7 Å². The molecule has 3 nitrogen and oxygen atoms in total. The SMILES string of the molecule is CCC(CC)n1ccc(CCCNC(C)C)n1. The minimum absolute atomic E-state index is 0.567. The second-order valence-corrected chi connectivity index (χ2v) is 4.97. The van der Waals surface area contributed by atoms with Crippen molar-refractivity contribution in [2.75, 3.05) is 6.54 Å². The van der Waals surface area contributed by atoms with Crippen molar-refractivity contribution in [3.63, 3.8) is 0 Å². The van der Waals surface area contributed by atoms with Crippen LogP contribution in [0.15, 0.2) is 12.3 Å². The maximum Gasteiger partial charge on any atom is 0.0625 e. The van der Waals surface area contributed by atoms with Gasteiger partial charge in [-0.2, -0.15) is 5.10 Å². The Morgan fingerprint density at radius 1 is 1.29 bits per heavy atom. The largest absolute Gasteiger partial charge is 0.315 e. The maximum atomic E-state index is 4.66. The summed E-state index contributed by atoms with van der Waals surface area (Å²) in [5.41, 5.74) is 1.22. The Balaban J connectivity index is 2.35. The van der Waals surface area contributed by atoms with Crippen LogP contribution in [0.2, 0.25) is 0 Å². The van der Waals surface area contributed by atoms with Crippen molar-refractivity contribution in [1.29, 1.82) is 0 Å². The average molecular weight is 237 g/mol. The molecule has 0 aromatic carbocycles. The van der Waals surface area contributed by atoms with E-state index in [-0.39, 0.29) is 0 Å². The third-order valence-electron chi connectivity index (χ3n) is 3.14. The molecule has 1 aromatic heterocycles. The summed E-state index contributed by atoms with van der Waals surface area (Å²) in [7, 11) is 0. The highest BCUT2D eigenvalue weighted by molar-refractivity contribution is 5.00. The van der Waals surface area contributed by atoms with E-state index in [1.165, 1.54) is 5.69 Å². The van der Waals surface area contributed by atoms with Crippen molar-refractivity contribution in [1.82, 2.24) is 15.1 Å². The highest BCUT2D eigenvalue weighted by Gasteiger charge is 2.07. The molecule has 0 saturated carbocycles. The van der Waals surface area contributed by atoms with E-state index in [9.17, 15) is 0 Å². The second kappa shape index (κ2) is 7.49. The molecule has 1 heterocycles. The van der Waals surface area contributed by atoms with Crippen LogP contribution in [0, 0.1) is 0 Å². The molecule has 1 aromatic rings. The van der Waals surface area contributed by atoms with Crippen LogP contribution in [0.4, 0.5) is 0 Å². The van der Waals surface area contributed by atoms with Crippen LogP contribution in [0.5, 0.6) is 0 Å². The number of nitrogens with one attached hydrogen (secondary N) is 1. The molecule has 0 amide bonds. The molecule has 0 atom stereocenters. The van der Waals surface area contributed by atoms with E-state index in [0.717, 1.165) is 32.2 Å². The zero-order valence-corrected chi connectivity index (χ0v) is 11.7. The van der Waals surface area contributed by atoms with Crippen molar-refractivity contribution in [2.24, 2.45) is 0 Å². The predicted octanol–water partition coefficient (Wildman–Crippen LogP) is 3.17. The Labute approximate surface area is 106 Å². The van der Waals surface area contributed by atoms with E-state index in [4.69, 9.17) is 0 Å². The van der Waals surface area contributed by atoms with Gasteiger partial charge in [-0.1, -0.05) is 27.7 Å². The van der Waals surface area contributed by atoms with Gasteiger partial charge in [-0.15, -0.1) is 0 Å². The summed E-state index contributed by atoms with van der Waals surface area (Å²) < 4.78 is 2.13. The van der Waals surface area contributed by atoms with Crippen LogP contribution in [-0.2, 0) is 6.42 Å². The fourth-order valence-corrected chi connectivity index (χ4v) is 2.04. The standard InChI is InChI=1S/C14H27N3/c1-5-14(6-2)17-11-9-13(16-17)8-7-10-15-12(3)4/h9,11-12,14-15H,5-8,10H2,1-4H3. The third kappa shape index (κ3) is 4.90. The van der Waals surface area contributed by atoms with Gasteiger partial charge in [0.2, 0.25) is 0 Å². The minimum atomic E-state index is 0.567. The summed E-state index contributed by atoms with van der Waals surface area (Å²) in [5.74, 6) is 0. The zero-order valence-electron chi connectivity index (χ0n) is 11.7. The summed E-state index contributed by atoms with van der Waals surface area (Å²) in [6, 6.07) is 3.31. The minimum Gasteiger partial charge on any atom is -0.315 e. The first-order valence-electron chi connectivity index (χ1n) is 6.94. The Morgan fingerprint density at radius 2 is 2.00 bits per heavy atom. The number of hydrogen-bond donors (Lipinski definition) is 1. The van der Waals surface area contributed by atoms with Crippen molar-refractivity contribution >= 4 is 0 Å². The van der Waals surface area contributed by atoms with Crippen molar-refractivity contribution in [2.45, 2.75) is 65.5 Å². The Morgan fingerprint density at radius 3 is 2.59 bits per heavy atom. The first-order valence-corrected chi connectivity index (χ1v) is 6.94. The topological polar surface area (TPSA) is 29.9 Å². The number of nitrogens with zero attached hydrogens (tertiary/aromatic N) is 2. The summed E-state index contributed by atoms with van der Waals surface area (Å²) >= 11 is 0. The maximum absolute atomic E-state index is 4.66. The highest BCUT2D eigenvalue weighted by Crippen LogP contribution is 2.14. The molecule has 1 N–H and O–H groups in total. The Hall–Kier alpha value is -0.830. The lowest BCUT2D eigenvalue weighted by Gasteiger charge is -2.12. The van der Waals surface area contributed by atoms with E-state index in [0.29, 0.717) is 12.1 Å². The lowest BCUT2D eigenvalue weighted by molar-refractivity contribution is 0.425. The molecule has 98 valence electrons. The van der Waals surface area contributed by atoms with Crippen LogP contribution in [0.25, 0.3) is 0 Å². The normalized spacial score (nSPS) is 11.6. The van der Waals surface area contributed by atoms with E-state index in [2.05, 4.69) is 55.1 Å². The smallest absolute Gasteiger partial charge is 0.0625 e. The molecular formula is C14H27N3. The molecule has 17 heavy (non-hydrogen) atoms. The summed E-state index contributed by atoms with van der Waals surface area (Å²) in [4.78, 5) is 0. The molecule has 0 aliphatic heterocycles. The van der Waals surface area contributed by atoms with E-state index < -0.39 is 0 Å². The van der Waals surface area contributed by atoms with Gasteiger partial charge in [0.25, 0.3) is 0 Å². The van der Waals surface area contributed by atoms with Crippen molar-refractivity contribution in [3.8, 4) is 0 Å². The lowest BCUT2D eigenvalue weighted by atomic mass is 10.2. The Bertz CT molecular complexity index is 300. The van der Waals surface area contributed by atoms with Gasteiger partial charge in [-0.3, -0.25) is 4.68 Å². The van der Waals surface area contributed by atoms with E-state index in [1.54, 1.807) is 0 Å². The van der Waals surface area contributed by atoms with Crippen LogP contribution < -0.4 is 5.32 Å². The zero-order chi connectivity index (χ0) is 12.7. The quantitative estimate of drug-likeness (QED) is 0.704. The average Bonchev–Trinajstić information content (AvgIpc) is 2.75. The van der Waals surface area contributed by atoms with Crippen molar-refractivity contribution < 1.29 is 0 Å². The van der Waals surface area contributed by atoms with Crippen LogP contribution in [-0.4, -0.2) is 22.4 Å². The number of aryl methyl sites for hydroxylation is 1. The second-order valence-electron chi connectivity index (χ2n) is 4.97. The van der Waals surface area contributed by atoms with Gasteiger partial charge < -0.3 is 5.32 Å².